The van der Waals surface area contributed by atoms with Crippen molar-refractivity contribution in [2.24, 2.45) is 5.73 Å². The maximum Gasteiger partial charge on any atom is 0.264 e. The van der Waals surface area contributed by atoms with E-state index < -0.39 is 0 Å². The summed E-state index contributed by atoms with van der Waals surface area (Å²) < 4.78 is 14.9. The molecule has 28 heavy (non-hydrogen) atoms. The molecule has 1 atom stereocenters. The van der Waals surface area contributed by atoms with Crippen molar-refractivity contribution in [1.29, 1.82) is 0 Å². The van der Waals surface area contributed by atoms with E-state index in [0.29, 0.717) is 19.0 Å². The van der Waals surface area contributed by atoms with Gasteiger partial charge in [-0.25, -0.2) is 4.39 Å². The molecule has 0 bridgehead atoms. The number of likely N-dealkylation sites (tertiary alicyclic amines) is 2. The number of carbonyl (C=O) groups is 1. The Labute approximate surface area is 170 Å². The minimum atomic E-state index is -0.128. The fourth-order valence-electron chi connectivity index (χ4n) is 4.28. The van der Waals surface area contributed by atoms with E-state index in [0.717, 1.165) is 58.8 Å². The summed E-state index contributed by atoms with van der Waals surface area (Å²) in [6.07, 6.45) is 2.86. The lowest BCUT2D eigenvalue weighted by atomic mass is 9.88. The summed E-state index contributed by atoms with van der Waals surface area (Å²) in [5.41, 5.74) is 8.56. The Morgan fingerprint density at radius 3 is 2.57 bits per heavy atom. The van der Waals surface area contributed by atoms with Gasteiger partial charge in [-0.2, -0.15) is 0 Å². The SMILES string of the molecule is Cc1cc(-c2ccc(C3CCN(C)CC3)c(F)c2)sc1C(=O)N1CC[C@H](N)C1. The molecule has 2 fully saturated rings. The van der Waals surface area contributed by atoms with Gasteiger partial charge in [-0.15, -0.1) is 11.3 Å². The summed E-state index contributed by atoms with van der Waals surface area (Å²) in [4.78, 5) is 18.6. The average molecular weight is 402 g/mol. The highest BCUT2D eigenvalue weighted by Crippen LogP contribution is 2.36. The highest BCUT2D eigenvalue weighted by Gasteiger charge is 2.27. The van der Waals surface area contributed by atoms with E-state index in [9.17, 15) is 9.18 Å². The molecule has 150 valence electrons. The number of hydrogen-bond donors (Lipinski definition) is 1. The van der Waals surface area contributed by atoms with Crippen LogP contribution in [0.3, 0.4) is 0 Å². The fourth-order valence-corrected chi connectivity index (χ4v) is 5.42. The second-order valence-electron chi connectivity index (χ2n) is 8.24. The first-order valence-electron chi connectivity index (χ1n) is 10.1. The number of halogens is 1. The number of thiophene rings is 1. The number of nitrogens with zero attached hydrogens (tertiary/aromatic N) is 2. The third kappa shape index (κ3) is 3.86. The molecule has 0 radical (unpaired) electrons. The van der Waals surface area contributed by atoms with Crippen LogP contribution in [0.1, 0.15) is 46.0 Å². The number of benzene rings is 1. The molecule has 4 nitrogen and oxygen atoms in total. The van der Waals surface area contributed by atoms with E-state index in [-0.39, 0.29) is 17.8 Å². The van der Waals surface area contributed by atoms with Crippen LogP contribution in [-0.4, -0.2) is 55.0 Å². The lowest BCUT2D eigenvalue weighted by molar-refractivity contribution is 0.0795. The van der Waals surface area contributed by atoms with Gasteiger partial charge in [-0.05, 0) is 81.1 Å². The monoisotopic (exact) mass is 401 g/mol. The van der Waals surface area contributed by atoms with Crippen molar-refractivity contribution < 1.29 is 9.18 Å². The molecule has 1 aromatic carbocycles. The van der Waals surface area contributed by atoms with Crippen LogP contribution < -0.4 is 5.73 Å². The number of hydrogen-bond acceptors (Lipinski definition) is 4. The van der Waals surface area contributed by atoms with E-state index in [2.05, 4.69) is 11.9 Å². The molecule has 0 saturated carbocycles. The normalized spacial score (nSPS) is 21.4. The van der Waals surface area contributed by atoms with Crippen molar-refractivity contribution in [3.63, 3.8) is 0 Å². The molecule has 4 rings (SSSR count). The quantitative estimate of drug-likeness (QED) is 0.850. The van der Waals surface area contributed by atoms with Gasteiger partial charge in [0.25, 0.3) is 5.91 Å². The van der Waals surface area contributed by atoms with Crippen LogP contribution >= 0.6 is 11.3 Å². The molecule has 2 N–H and O–H groups in total. The minimum absolute atomic E-state index is 0.0464. The number of piperidine rings is 1. The minimum Gasteiger partial charge on any atom is -0.336 e. The molecule has 0 spiro atoms. The number of nitrogens with two attached hydrogens (primary N) is 1. The van der Waals surface area contributed by atoms with Crippen LogP contribution in [-0.2, 0) is 0 Å². The fraction of sp³-hybridized carbons (Fsp3) is 0.500. The van der Waals surface area contributed by atoms with Gasteiger partial charge in [0.05, 0.1) is 4.88 Å². The van der Waals surface area contributed by atoms with E-state index >= 15 is 0 Å². The highest BCUT2D eigenvalue weighted by molar-refractivity contribution is 7.17. The van der Waals surface area contributed by atoms with Crippen molar-refractivity contribution in [2.75, 3.05) is 33.2 Å². The Balaban J connectivity index is 1.55. The van der Waals surface area contributed by atoms with Crippen LogP contribution in [0.4, 0.5) is 4.39 Å². The second kappa shape index (κ2) is 7.93. The lowest BCUT2D eigenvalue weighted by Gasteiger charge is -2.29. The molecular weight excluding hydrogens is 373 g/mol. The summed E-state index contributed by atoms with van der Waals surface area (Å²) in [6, 6.07) is 7.65. The van der Waals surface area contributed by atoms with Gasteiger partial charge in [0, 0.05) is 24.0 Å². The first-order chi connectivity index (χ1) is 13.4. The van der Waals surface area contributed by atoms with Crippen LogP contribution in [0.2, 0.25) is 0 Å². The Morgan fingerprint density at radius 1 is 1.18 bits per heavy atom. The van der Waals surface area contributed by atoms with E-state index in [4.69, 9.17) is 5.73 Å². The van der Waals surface area contributed by atoms with Crippen LogP contribution in [0.25, 0.3) is 10.4 Å². The highest BCUT2D eigenvalue weighted by atomic mass is 32.1. The summed E-state index contributed by atoms with van der Waals surface area (Å²) in [5.74, 6) is 0.216. The summed E-state index contributed by atoms with van der Waals surface area (Å²) in [5, 5.41) is 0. The van der Waals surface area contributed by atoms with Crippen molar-refractivity contribution in [3.05, 3.63) is 46.1 Å². The Kier molecular flexibility index (Phi) is 5.54. The van der Waals surface area contributed by atoms with Crippen LogP contribution in [0.15, 0.2) is 24.3 Å². The lowest BCUT2D eigenvalue weighted by Crippen LogP contribution is -2.31. The van der Waals surface area contributed by atoms with E-state index in [1.54, 1.807) is 6.07 Å². The third-order valence-electron chi connectivity index (χ3n) is 6.07. The molecule has 2 saturated heterocycles. The molecule has 2 aliphatic rings. The number of carbonyl (C=O) groups excluding carboxylic acids is 1. The Bertz CT molecular complexity index is 873. The third-order valence-corrected chi connectivity index (χ3v) is 7.34. The maximum atomic E-state index is 14.9. The molecule has 2 aliphatic heterocycles. The zero-order valence-corrected chi connectivity index (χ0v) is 17.4. The van der Waals surface area contributed by atoms with Gasteiger partial charge in [0.15, 0.2) is 0 Å². The topological polar surface area (TPSA) is 49.6 Å². The smallest absolute Gasteiger partial charge is 0.264 e. The second-order valence-corrected chi connectivity index (χ2v) is 9.29. The van der Waals surface area contributed by atoms with Crippen LogP contribution in [0, 0.1) is 12.7 Å². The number of aryl methyl sites for hydroxylation is 1. The molecule has 0 unspecified atom stereocenters. The first kappa shape index (κ1) is 19.6. The maximum absolute atomic E-state index is 14.9. The number of rotatable bonds is 3. The Hall–Kier alpha value is -1.76. The zero-order chi connectivity index (χ0) is 19.8. The molecule has 6 heteroatoms. The van der Waals surface area contributed by atoms with Gasteiger partial charge >= 0.3 is 0 Å². The first-order valence-corrected chi connectivity index (χ1v) is 10.9. The molecular formula is C22H28FN3OS. The molecule has 1 amide bonds. The largest absolute Gasteiger partial charge is 0.336 e. The molecule has 1 aromatic heterocycles. The van der Waals surface area contributed by atoms with Gasteiger partial charge in [-0.1, -0.05) is 12.1 Å². The summed E-state index contributed by atoms with van der Waals surface area (Å²) in [6.45, 7) is 5.31. The van der Waals surface area contributed by atoms with E-state index in [1.807, 2.05) is 30.0 Å². The van der Waals surface area contributed by atoms with Crippen molar-refractivity contribution in [2.45, 2.75) is 38.1 Å². The van der Waals surface area contributed by atoms with Gasteiger partial charge in [0.2, 0.25) is 0 Å². The number of amides is 1. The molecule has 3 heterocycles. The molecule has 0 aliphatic carbocycles. The van der Waals surface area contributed by atoms with E-state index in [1.165, 1.54) is 11.3 Å². The standard InChI is InChI=1S/C22H28FN3OS/c1-14-11-20(28-21(14)22(27)26-10-7-17(24)13-26)16-3-4-18(19(23)12-16)15-5-8-25(2)9-6-15/h3-4,11-12,15,17H,5-10,13,24H2,1-2H3/t17-/m0/s1. The van der Waals surface area contributed by atoms with Crippen molar-refractivity contribution in [1.82, 2.24) is 9.80 Å². The van der Waals surface area contributed by atoms with Gasteiger partial charge in [0.1, 0.15) is 5.82 Å². The Morgan fingerprint density at radius 2 is 1.93 bits per heavy atom. The predicted octanol–water partition coefficient (Wildman–Crippen LogP) is 3.85. The average Bonchev–Trinajstić information content (AvgIpc) is 3.28. The van der Waals surface area contributed by atoms with Crippen LogP contribution in [0.5, 0.6) is 0 Å². The van der Waals surface area contributed by atoms with Crippen molar-refractivity contribution in [3.8, 4) is 10.4 Å². The molecule has 2 aromatic rings. The predicted molar refractivity (Wildman–Crippen MR) is 112 cm³/mol. The summed E-state index contributed by atoms with van der Waals surface area (Å²) >= 11 is 1.45. The van der Waals surface area contributed by atoms with Gasteiger partial charge < -0.3 is 15.5 Å². The summed E-state index contributed by atoms with van der Waals surface area (Å²) in [7, 11) is 2.11. The zero-order valence-electron chi connectivity index (χ0n) is 16.6. The van der Waals surface area contributed by atoms with Crippen molar-refractivity contribution >= 4 is 17.2 Å². The van der Waals surface area contributed by atoms with Gasteiger partial charge in [-0.3, -0.25) is 4.79 Å².